The Morgan fingerprint density at radius 2 is 1.28 bits per heavy atom. The Morgan fingerprint density at radius 1 is 0.759 bits per heavy atom. The van der Waals surface area contributed by atoms with Crippen molar-refractivity contribution in [2.24, 2.45) is 16.1 Å². The number of anilines is 2. The first-order valence-electron chi connectivity index (χ1n) is 9.49. The van der Waals surface area contributed by atoms with Gasteiger partial charge in [0.2, 0.25) is 0 Å². The minimum atomic E-state index is -0.585. The van der Waals surface area contributed by atoms with Crippen LogP contribution in [0.5, 0.6) is 0 Å². The molecule has 4 rings (SSSR count). The van der Waals surface area contributed by atoms with E-state index in [1.165, 1.54) is 10.0 Å². The van der Waals surface area contributed by atoms with Crippen LogP contribution >= 0.6 is 0 Å². The molecular formula is C23H22N4O2. The molecule has 0 aliphatic carbocycles. The van der Waals surface area contributed by atoms with Crippen LogP contribution in [0.1, 0.15) is 25.0 Å². The quantitative estimate of drug-likeness (QED) is 0.749. The van der Waals surface area contributed by atoms with E-state index in [2.05, 4.69) is 10.2 Å². The van der Waals surface area contributed by atoms with Gasteiger partial charge in [-0.25, -0.2) is 0 Å². The molecule has 0 radical (unpaired) electrons. The summed E-state index contributed by atoms with van der Waals surface area (Å²) < 4.78 is 0. The lowest BCUT2D eigenvalue weighted by atomic mass is 9.98. The number of carbonyl (C=O) groups excluding carboxylic acids is 2. The van der Waals surface area contributed by atoms with Gasteiger partial charge in [0.15, 0.2) is 0 Å². The van der Waals surface area contributed by atoms with Crippen molar-refractivity contribution in [3.05, 3.63) is 71.3 Å². The minimum absolute atomic E-state index is 0.173. The molecule has 2 aliphatic heterocycles. The van der Waals surface area contributed by atoms with Gasteiger partial charge in [0.1, 0.15) is 0 Å². The van der Waals surface area contributed by atoms with Crippen molar-refractivity contribution in [3.8, 4) is 0 Å². The summed E-state index contributed by atoms with van der Waals surface area (Å²) in [5, 5.41) is 11.6. The van der Waals surface area contributed by atoms with Crippen LogP contribution in [-0.4, -0.2) is 23.2 Å². The fourth-order valence-electron chi connectivity index (χ4n) is 3.38. The van der Waals surface area contributed by atoms with E-state index in [-0.39, 0.29) is 11.8 Å². The lowest BCUT2D eigenvalue weighted by Crippen LogP contribution is -2.27. The Labute approximate surface area is 169 Å². The van der Waals surface area contributed by atoms with Gasteiger partial charge in [-0.05, 0) is 52.0 Å². The van der Waals surface area contributed by atoms with Gasteiger partial charge < -0.3 is 0 Å². The lowest BCUT2D eigenvalue weighted by molar-refractivity contribution is -0.118. The molecule has 29 heavy (non-hydrogen) atoms. The van der Waals surface area contributed by atoms with Crippen molar-refractivity contribution in [3.63, 3.8) is 0 Å². The molecule has 2 amide bonds. The molecule has 0 fully saturated rings. The van der Waals surface area contributed by atoms with Crippen molar-refractivity contribution in [2.75, 3.05) is 10.0 Å². The number of carbonyl (C=O) groups is 2. The molecule has 0 saturated carbocycles. The Kier molecular flexibility index (Phi) is 4.62. The first-order valence-corrected chi connectivity index (χ1v) is 9.49. The zero-order chi connectivity index (χ0) is 20.7. The van der Waals surface area contributed by atoms with Gasteiger partial charge in [0, 0.05) is 0 Å². The van der Waals surface area contributed by atoms with E-state index >= 15 is 0 Å². The second-order valence-electron chi connectivity index (χ2n) is 7.42. The highest BCUT2D eigenvalue weighted by Crippen LogP contribution is 2.29. The summed E-state index contributed by atoms with van der Waals surface area (Å²) in [6.07, 6.45) is 1.69. The fraction of sp³-hybridized carbons (Fsp3) is 0.217. The topological polar surface area (TPSA) is 65.3 Å². The van der Waals surface area contributed by atoms with E-state index in [9.17, 15) is 9.59 Å². The van der Waals surface area contributed by atoms with Crippen LogP contribution < -0.4 is 10.0 Å². The van der Waals surface area contributed by atoms with E-state index in [0.29, 0.717) is 28.4 Å². The monoisotopic (exact) mass is 386 g/mol. The van der Waals surface area contributed by atoms with Crippen molar-refractivity contribution < 1.29 is 9.59 Å². The number of rotatable bonds is 3. The Bertz CT molecular complexity index is 1080. The molecule has 0 N–H and O–H groups in total. The minimum Gasteiger partial charge on any atom is -0.271 e. The van der Waals surface area contributed by atoms with Gasteiger partial charge in [-0.1, -0.05) is 41.5 Å². The van der Waals surface area contributed by atoms with Crippen LogP contribution in [0.4, 0.5) is 11.4 Å². The normalized spacial score (nSPS) is 20.6. The third-order valence-electron chi connectivity index (χ3n) is 5.14. The van der Waals surface area contributed by atoms with Crippen LogP contribution in [0.15, 0.2) is 70.4 Å². The van der Waals surface area contributed by atoms with Crippen molar-refractivity contribution >= 4 is 34.6 Å². The number of hydrogen-bond donors (Lipinski definition) is 0. The summed E-state index contributed by atoms with van der Waals surface area (Å²) in [5.41, 5.74) is 5.31. The number of hydrazone groups is 2. The molecule has 2 aliphatic rings. The lowest BCUT2D eigenvalue weighted by Gasteiger charge is -2.14. The summed E-state index contributed by atoms with van der Waals surface area (Å²) in [6.45, 7) is 7.56. The predicted octanol–water partition coefficient (Wildman–Crippen LogP) is 3.99. The van der Waals surface area contributed by atoms with Crippen LogP contribution in [-0.2, 0) is 9.59 Å². The maximum Gasteiger partial charge on any atom is 0.280 e. The highest BCUT2D eigenvalue weighted by molar-refractivity contribution is 6.30. The summed E-state index contributed by atoms with van der Waals surface area (Å²) >= 11 is 0. The summed E-state index contributed by atoms with van der Waals surface area (Å²) in [4.78, 5) is 26.0. The SMILES string of the molecule is CC1=NN(c2ccc(C)cc2)C(=O)/C1=C\C1C(=O)N(c2ccc(C)cc2)N=C1C. The first kappa shape index (κ1) is 18.8. The first-order chi connectivity index (χ1) is 13.8. The van der Waals surface area contributed by atoms with E-state index in [0.717, 1.165) is 11.1 Å². The molecule has 0 bridgehead atoms. The largest absolute Gasteiger partial charge is 0.280 e. The molecule has 0 aromatic heterocycles. The smallest absolute Gasteiger partial charge is 0.271 e. The number of benzene rings is 2. The molecule has 2 aromatic rings. The second kappa shape index (κ2) is 7.13. The van der Waals surface area contributed by atoms with E-state index in [1.807, 2.05) is 62.4 Å². The van der Waals surface area contributed by atoms with Gasteiger partial charge in [-0.15, -0.1) is 0 Å². The third kappa shape index (κ3) is 3.38. The number of nitrogens with zero attached hydrogens (tertiary/aromatic N) is 4. The number of aryl methyl sites for hydroxylation is 2. The molecule has 0 spiro atoms. The third-order valence-corrected chi connectivity index (χ3v) is 5.14. The summed E-state index contributed by atoms with van der Waals surface area (Å²) in [5.74, 6) is -0.993. The standard InChI is InChI=1S/C23H22N4O2/c1-14-5-9-18(10-6-14)26-22(28)20(16(3)24-26)13-21-17(4)25-27(23(21)29)19-11-7-15(2)8-12-19/h5-13,20H,1-4H3/b21-13-. The molecule has 6 nitrogen and oxygen atoms in total. The van der Waals surface area contributed by atoms with E-state index < -0.39 is 5.92 Å². The average molecular weight is 386 g/mol. The van der Waals surface area contributed by atoms with Crippen LogP contribution in [0.2, 0.25) is 0 Å². The average Bonchev–Trinajstić information content (AvgIpc) is 3.14. The summed E-state index contributed by atoms with van der Waals surface area (Å²) in [7, 11) is 0. The van der Waals surface area contributed by atoms with Gasteiger partial charge in [0.25, 0.3) is 11.8 Å². The zero-order valence-corrected chi connectivity index (χ0v) is 16.9. The Hall–Kier alpha value is -3.54. The molecule has 2 aromatic carbocycles. The molecule has 1 atom stereocenters. The van der Waals surface area contributed by atoms with Gasteiger partial charge in [-0.3, -0.25) is 9.59 Å². The van der Waals surface area contributed by atoms with Crippen molar-refractivity contribution in [1.82, 2.24) is 0 Å². The maximum atomic E-state index is 13.0. The van der Waals surface area contributed by atoms with Gasteiger partial charge >= 0.3 is 0 Å². The molecule has 146 valence electrons. The van der Waals surface area contributed by atoms with Crippen LogP contribution in [0.3, 0.4) is 0 Å². The Morgan fingerprint density at radius 3 is 1.83 bits per heavy atom. The highest BCUT2D eigenvalue weighted by atomic mass is 16.2. The molecule has 2 heterocycles. The second-order valence-corrected chi connectivity index (χ2v) is 7.42. The molecular weight excluding hydrogens is 364 g/mol. The molecule has 6 heteroatoms. The zero-order valence-electron chi connectivity index (χ0n) is 16.9. The predicted molar refractivity (Wildman–Crippen MR) is 115 cm³/mol. The number of amides is 2. The summed E-state index contributed by atoms with van der Waals surface area (Å²) in [6, 6.07) is 15.2. The van der Waals surface area contributed by atoms with Crippen LogP contribution in [0, 0.1) is 19.8 Å². The van der Waals surface area contributed by atoms with Crippen molar-refractivity contribution in [1.29, 1.82) is 0 Å². The number of hydrogen-bond acceptors (Lipinski definition) is 4. The van der Waals surface area contributed by atoms with E-state index in [1.54, 1.807) is 19.9 Å². The molecule has 0 saturated heterocycles. The molecule has 1 unspecified atom stereocenters. The van der Waals surface area contributed by atoms with Crippen molar-refractivity contribution in [2.45, 2.75) is 27.7 Å². The highest BCUT2D eigenvalue weighted by Gasteiger charge is 2.36. The van der Waals surface area contributed by atoms with Crippen LogP contribution in [0.25, 0.3) is 0 Å². The van der Waals surface area contributed by atoms with E-state index in [4.69, 9.17) is 0 Å². The van der Waals surface area contributed by atoms with Gasteiger partial charge in [0.05, 0.1) is 34.3 Å². The Balaban J connectivity index is 1.61. The fourth-order valence-corrected chi connectivity index (χ4v) is 3.38. The maximum absolute atomic E-state index is 13.0. The van der Waals surface area contributed by atoms with Gasteiger partial charge in [-0.2, -0.15) is 20.2 Å².